The van der Waals surface area contributed by atoms with Crippen molar-refractivity contribution in [1.82, 2.24) is 4.90 Å². The number of halogens is 1. The third-order valence-corrected chi connectivity index (χ3v) is 4.94. The number of hydrogen-bond acceptors (Lipinski definition) is 3. The summed E-state index contributed by atoms with van der Waals surface area (Å²) in [4.78, 5) is 2.41. The molecular weight excluding hydrogens is 316 g/mol. The molecule has 0 amide bonds. The van der Waals surface area contributed by atoms with Crippen molar-refractivity contribution < 1.29 is 4.74 Å². The molecule has 1 aromatic rings. The van der Waals surface area contributed by atoms with Crippen molar-refractivity contribution in [2.45, 2.75) is 38.3 Å². The Kier molecular flexibility index (Phi) is 3.59. The van der Waals surface area contributed by atoms with Crippen molar-refractivity contribution >= 4 is 15.9 Å². The molecule has 2 atom stereocenters. The van der Waals surface area contributed by atoms with Crippen LogP contribution in [-0.4, -0.2) is 30.6 Å². The second kappa shape index (κ2) is 5.00. The van der Waals surface area contributed by atoms with E-state index in [4.69, 9.17) is 10.5 Å². The van der Waals surface area contributed by atoms with Gasteiger partial charge in [-0.1, -0.05) is 15.9 Å². The van der Waals surface area contributed by atoms with Crippen molar-refractivity contribution in [2.24, 2.45) is 11.7 Å². The topological polar surface area (TPSA) is 38.5 Å². The van der Waals surface area contributed by atoms with E-state index in [1.807, 2.05) is 0 Å². The van der Waals surface area contributed by atoms with Gasteiger partial charge in [-0.3, -0.25) is 4.90 Å². The number of nitrogens with zero attached hydrogens (tertiary/aromatic N) is 1. The minimum Gasteiger partial charge on any atom is -0.487 e. The summed E-state index contributed by atoms with van der Waals surface area (Å²) < 4.78 is 7.38. The molecule has 110 valence electrons. The molecule has 0 spiro atoms. The lowest BCUT2D eigenvalue weighted by molar-refractivity contribution is 0.135. The zero-order valence-corrected chi connectivity index (χ0v) is 14.0. The van der Waals surface area contributed by atoms with Crippen molar-refractivity contribution in [3.63, 3.8) is 0 Å². The normalized spacial score (nSPS) is 28.4. The summed E-state index contributed by atoms with van der Waals surface area (Å²) >= 11 is 3.65. The fourth-order valence-corrected chi connectivity index (χ4v) is 4.11. The van der Waals surface area contributed by atoms with Gasteiger partial charge in [0, 0.05) is 29.0 Å². The number of benzene rings is 1. The van der Waals surface area contributed by atoms with Crippen molar-refractivity contribution in [3.8, 4) is 5.75 Å². The minimum absolute atomic E-state index is 0.0949. The highest BCUT2D eigenvalue weighted by atomic mass is 79.9. The maximum atomic E-state index is 6.23. The summed E-state index contributed by atoms with van der Waals surface area (Å²) in [6.45, 7) is 6.16. The van der Waals surface area contributed by atoms with E-state index in [2.05, 4.69) is 53.9 Å². The number of nitrogens with two attached hydrogens (primary N) is 1. The summed E-state index contributed by atoms with van der Waals surface area (Å²) in [5.74, 6) is 1.70. The summed E-state index contributed by atoms with van der Waals surface area (Å²) in [7, 11) is 2.19. The van der Waals surface area contributed by atoms with E-state index >= 15 is 0 Å². The van der Waals surface area contributed by atoms with Crippen molar-refractivity contribution in [3.05, 3.63) is 27.7 Å². The second-order valence-electron chi connectivity index (χ2n) is 6.81. The van der Waals surface area contributed by atoms with Gasteiger partial charge in [0.05, 0.1) is 0 Å². The van der Waals surface area contributed by atoms with Gasteiger partial charge in [0.15, 0.2) is 0 Å². The number of rotatable bonds is 2. The Morgan fingerprint density at radius 2 is 2.20 bits per heavy atom. The van der Waals surface area contributed by atoms with E-state index in [0.717, 1.165) is 36.2 Å². The minimum atomic E-state index is -0.0949. The maximum absolute atomic E-state index is 6.23. The van der Waals surface area contributed by atoms with Gasteiger partial charge in [0.25, 0.3) is 0 Å². The Labute approximate surface area is 129 Å². The number of likely N-dealkylation sites (tertiary alicyclic amines) is 1. The van der Waals surface area contributed by atoms with E-state index in [0.29, 0.717) is 12.0 Å². The zero-order valence-electron chi connectivity index (χ0n) is 12.4. The molecule has 0 bridgehead atoms. The second-order valence-corrected chi connectivity index (χ2v) is 7.73. The maximum Gasteiger partial charge on any atom is 0.128 e. The van der Waals surface area contributed by atoms with Crippen LogP contribution in [0.5, 0.6) is 5.75 Å². The first-order chi connectivity index (χ1) is 9.39. The Morgan fingerprint density at radius 1 is 1.45 bits per heavy atom. The lowest BCUT2D eigenvalue weighted by Gasteiger charge is -2.24. The molecule has 2 aliphatic heterocycles. The van der Waals surface area contributed by atoms with Crippen LogP contribution in [0.3, 0.4) is 0 Å². The Bertz CT molecular complexity index is 529. The van der Waals surface area contributed by atoms with Crippen LogP contribution in [0.25, 0.3) is 0 Å². The lowest BCUT2D eigenvalue weighted by atomic mass is 9.95. The lowest BCUT2D eigenvalue weighted by Crippen LogP contribution is -2.25. The van der Waals surface area contributed by atoms with E-state index in [1.54, 1.807) is 0 Å². The monoisotopic (exact) mass is 338 g/mol. The average Bonchev–Trinajstić information content (AvgIpc) is 2.86. The smallest absolute Gasteiger partial charge is 0.128 e. The van der Waals surface area contributed by atoms with Gasteiger partial charge in [-0.15, -0.1) is 0 Å². The number of hydrogen-bond donors (Lipinski definition) is 1. The molecule has 4 heteroatoms. The first-order valence-corrected chi connectivity index (χ1v) is 8.10. The Hall–Kier alpha value is -0.580. The van der Waals surface area contributed by atoms with Gasteiger partial charge in [-0.05, 0) is 57.5 Å². The van der Waals surface area contributed by atoms with Crippen LogP contribution in [0.2, 0.25) is 0 Å². The quantitative estimate of drug-likeness (QED) is 0.900. The summed E-state index contributed by atoms with van der Waals surface area (Å²) in [6.07, 6.45) is 2.10. The predicted molar refractivity (Wildman–Crippen MR) is 85.1 cm³/mol. The van der Waals surface area contributed by atoms with Crippen LogP contribution >= 0.6 is 15.9 Å². The van der Waals surface area contributed by atoms with E-state index in [9.17, 15) is 0 Å². The van der Waals surface area contributed by atoms with Crippen LogP contribution < -0.4 is 10.5 Å². The molecule has 1 aromatic carbocycles. The van der Waals surface area contributed by atoms with E-state index < -0.39 is 0 Å². The Balaban J connectivity index is 1.99. The van der Waals surface area contributed by atoms with Crippen LogP contribution in [0.15, 0.2) is 16.6 Å². The molecule has 0 aromatic heterocycles. The molecule has 2 unspecified atom stereocenters. The molecule has 1 fully saturated rings. The SMILES string of the molecule is CN1CC(CN)CC1c1cc(Br)cc2c1OC(C)(C)C2. The molecule has 2 aliphatic rings. The summed E-state index contributed by atoms with van der Waals surface area (Å²) in [5.41, 5.74) is 8.40. The summed E-state index contributed by atoms with van der Waals surface area (Å²) in [6, 6.07) is 4.84. The number of fused-ring (bicyclic) bond motifs is 1. The first-order valence-electron chi connectivity index (χ1n) is 7.31. The van der Waals surface area contributed by atoms with Crippen molar-refractivity contribution in [1.29, 1.82) is 0 Å². The third kappa shape index (κ3) is 2.49. The molecule has 3 nitrogen and oxygen atoms in total. The molecule has 2 heterocycles. The van der Waals surface area contributed by atoms with Gasteiger partial charge in [-0.2, -0.15) is 0 Å². The van der Waals surface area contributed by atoms with Crippen molar-refractivity contribution in [2.75, 3.05) is 20.1 Å². The molecule has 1 saturated heterocycles. The standard InChI is InChI=1S/C16H23BrN2O/c1-16(2)7-11-5-12(17)6-13(15(11)20-16)14-4-10(8-18)9-19(14)3/h5-6,10,14H,4,7-9,18H2,1-3H3. The van der Waals surface area contributed by atoms with Gasteiger partial charge < -0.3 is 10.5 Å². The molecular formula is C16H23BrN2O. The highest BCUT2D eigenvalue weighted by molar-refractivity contribution is 9.10. The fraction of sp³-hybridized carbons (Fsp3) is 0.625. The highest BCUT2D eigenvalue weighted by Gasteiger charge is 2.37. The van der Waals surface area contributed by atoms with Gasteiger partial charge in [0.2, 0.25) is 0 Å². The van der Waals surface area contributed by atoms with Crippen LogP contribution in [0.1, 0.15) is 37.4 Å². The Morgan fingerprint density at radius 3 is 2.85 bits per heavy atom. The van der Waals surface area contributed by atoms with Gasteiger partial charge in [-0.25, -0.2) is 0 Å². The van der Waals surface area contributed by atoms with Crippen LogP contribution in [0, 0.1) is 5.92 Å². The van der Waals surface area contributed by atoms with E-state index in [1.165, 1.54) is 11.1 Å². The van der Waals surface area contributed by atoms with Crippen LogP contribution in [0.4, 0.5) is 0 Å². The van der Waals surface area contributed by atoms with Gasteiger partial charge in [0.1, 0.15) is 11.4 Å². The third-order valence-electron chi connectivity index (χ3n) is 4.48. The summed E-state index contributed by atoms with van der Waals surface area (Å²) in [5, 5.41) is 0. The van der Waals surface area contributed by atoms with Gasteiger partial charge >= 0.3 is 0 Å². The molecule has 2 N–H and O–H groups in total. The first kappa shape index (κ1) is 14.4. The molecule has 20 heavy (non-hydrogen) atoms. The van der Waals surface area contributed by atoms with Crippen LogP contribution in [-0.2, 0) is 6.42 Å². The largest absolute Gasteiger partial charge is 0.487 e. The number of ether oxygens (including phenoxy) is 1. The molecule has 0 radical (unpaired) electrons. The molecule has 3 rings (SSSR count). The fourth-order valence-electron chi connectivity index (χ4n) is 3.59. The molecule has 0 saturated carbocycles. The molecule has 0 aliphatic carbocycles. The predicted octanol–water partition coefficient (Wildman–Crippen LogP) is 3.11. The van der Waals surface area contributed by atoms with E-state index in [-0.39, 0.29) is 5.60 Å². The average molecular weight is 339 g/mol. The highest BCUT2D eigenvalue weighted by Crippen LogP contribution is 2.46. The zero-order chi connectivity index (χ0) is 14.5.